The highest BCUT2D eigenvalue weighted by molar-refractivity contribution is 5.99. The number of aliphatic hydroxyl groups excluding tert-OH is 1. The Morgan fingerprint density at radius 3 is 2.26 bits per heavy atom. The summed E-state index contributed by atoms with van der Waals surface area (Å²) in [5.74, 6) is -1.87. The number of aliphatic hydroxyl groups is 1. The van der Waals surface area contributed by atoms with Gasteiger partial charge in [-0.2, -0.15) is 0 Å². The van der Waals surface area contributed by atoms with E-state index < -0.39 is 34.6 Å². The van der Waals surface area contributed by atoms with Gasteiger partial charge in [0.15, 0.2) is 0 Å². The Labute approximate surface area is 276 Å². The fourth-order valence-electron chi connectivity index (χ4n) is 8.76. The quantitative estimate of drug-likeness (QED) is 0.185. The first-order chi connectivity index (χ1) is 21.7. The Morgan fingerprint density at radius 2 is 1.65 bits per heavy atom. The first kappa shape index (κ1) is 35.9. The molecule has 1 aromatic carbocycles. The number of likely N-dealkylation sites (tertiary alicyclic amines) is 1. The number of nitrogens with zero attached hydrogens (tertiary/aromatic N) is 3. The second-order valence-electron chi connectivity index (χ2n) is 15.7. The third-order valence-electron chi connectivity index (χ3n) is 10.2. The Balaban J connectivity index is 1.75. The molecule has 5 atom stereocenters. The lowest BCUT2D eigenvalue weighted by Gasteiger charge is -2.45. The van der Waals surface area contributed by atoms with Crippen molar-refractivity contribution < 1.29 is 24.2 Å². The molecule has 0 saturated carbocycles. The van der Waals surface area contributed by atoms with Gasteiger partial charge in [-0.15, -0.1) is 13.2 Å². The van der Waals surface area contributed by atoms with Crippen molar-refractivity contribution in [1.29, 1.82) is 0 Å². The molecule has 8 nitrogen and oxygen atoms in total. The lowest BCUT2D eigenvalue weighted by atomic mass is 9.66. The number of amides is 3. The zero-order valence-corrected chi connectivity index (χ0v) is 29.1. The van der Waals surface area contributed by atoms with Gasteiger partial charge in [-0.05, 0) is 63.9 Å². The van der Waals surface area contributed by atoms with Crippen LogP contribution in [0.15, 0.2) is 55.6 Å². The van der Waals surface area contributed by atoms with Crippen LogP contribution in [0.5, 0.6) is 0 Å². The molecule has 1 spiro atoms. The third-order valence-corrected chi connectivity index (χ3v) is 10.2. The lowest BCUT2D eigenvalue weighted by Crippen LogP contribution is -2.61. The van der Waals surface area contributed by atoms with Crippen molar-refractivity contribution in [1.82, 2.24) is 14.7 Å². The first-order valence-electron chi connectivity index (χ1n) is 17.1. The lowest BCUT2D eigenvalue weighted by molar-refractivity contribution is -0.157. The number of hydrogen-bond donors (Lipinski definition) is 1. The average Bonchev–Trinajstić information content (AvgIpc) is 3.54. The van der Waals surface area contributed by atoms with Gasteiger partial charge in [0.2, 0.25) is 17.7 Å². The van der Waals surface area contributed by atoms with Crippen molar-refractivity contribution in [3.05, 3.63) is 61.2 Å². The van der Waals surface area contributed by atoms with Crippen LogP contribution in [0.25, 0.3) is 0 Å². The van der Waals surface area contributed by atoms with E-state index in [2.05, 4.69) is 47.8 Å². The molecule has 8 heteroatoms. The highest BCUT2D eigenvalue weighted by Gasteiger charge is 2.78. The molecule has 3 aliphatic rings. The Morgan fingerprint density at radius 1 is 1.00 bits per heavy atom. The number of ether oxygens (including phenoxy) is 1. The maximum absolute atomic E-state index is 15.0. The largest absolute Gasteiger partial charge is 0.396 e. The molecule has 3 amide bonds. The number of carbonyl (C=O) groups excluding carboxylic acids is 3. The average molecular weight is 636 g/mol. The SMILES string of the molecule is C=CCN(Cc1ccccc1)C(=O)[C@@H]1[C@H]2C(=O)N(CCCCCCO)C(C(=O)N(CC=C)C(C)(C)CC(C)(C)C)C23CC[C@@]1(C)O3. The van der Waals surface area contributed by atoms with Crippen LogP contribution >= 0.6 is 0 Å². The minimum Gasteiger partial charge on any atom is -0.396 e. The van der Waals surface area contributed by atoms with Crippen molar-refractivity contribution in [3.63, 3.8) is 0 Å². The molecule has 2 unspecified atom stereocenters. The number of hydrogen-bond acceptors (Lipinski definition) is 5. The predicted octanol–water partition coefficient (Wildman–Crippen LogP) is 5.75. The molecule has 3 aliphatic heterocycles. The normalized spacial score (nSPS) is 27.1. The number of carbonyl (C=O) groups is 3. The van der Waals surface area contributed by atoms with Crippen LogP contribution in [-0.4, -0.2) is 86.6 Å². The van der Waals surface area contributed by atoms with Gasteiger partial charge in [0.05, 0.1) is 17.4 Å². The van der Waals surface area contributed by atoms with E-state index in [0.717, 1.165) is 24.8 Å². The van der Waals surface area contributed by atoms with E-state index in [0.29, 0.717) is 51.9 Å². The molecule has 3 fully saturated rings. The Kier molecular flexibility index (Phi) is 10.9. The Bertz CT molecular complexity index is 1270. The summed E-state index contributed by atoms with van der Waals surface area (Å²) in [7, 11) is 0. The number of rotatable bonds is 16. The van der Waals surface area contributed by atoms with Crippen LogP contribution in [0.4, 0.5) is 0 Å². The molecule has 0 radical (unpaired) electrons. The van der Waals surface area contributed by atoms with Gasteiger partial charge in [0.1, 0.15) is 11.6 Å². The highest BCUT2D eigenvalue weighted by Crippen LogP contribution is 2.63. The molecule has 2 bridgehead atoms. The van der Waals surface area contributed by atoms with E-state index >= 15 is 4.79 Å². The van der Waals surface area contributed by atoms with Gasteiger partial charge in [-0.25, -0.2) is 0 Å². The molecule has 0 aliphatic carbocycles. The zero-order chi connectivity index (χ0) is 33.9. The second-order valence-corrected chi connectivity index (χ2v) is 15.7. The molecule has 0 aromatic heterocycles. The summed E-state index contributed by atoms with van der Waals surface area (Å²) in [6.45, 7) is 22.1. The van der Waals surface area contributed by atoms with Gasteiger partial charge in [0, 0.05) is 38.3 Å². The summed E-state index contributed by atoms with van der Waals surface area (Å²) in [6, 6.07) is 9.01. The summed E-state index contributed by atoms with van der Waals surface area (Å²) in [6.07, 6.45) is 8.47. The summed E-state index contributed by atoms with van der Waals surface area (Å²) in [4.78, 5) is 49.7. The first-order valence-corrected chi connectivity index (χ1v) is 17.1. The topological polar surface area (TPSA) is 90.4 Å². The Hall–Kier alpha value is -2.97. The van der Waals surface area contributed by atoms with E-state index in [1.165, 1.54) is 0 Å². The van der Waals surface area contributed by atoms with E-state index in [1.54, 1.807) is 22.0 Å². The minimum atomic E-state index is -1.09. The van der Waals surface area contributed by atoms with Crippen molar-refractivity contribution in [2.24, 2.45) is 17.3 Å². The van der Waals surface area contributed by atoms with Crippen molar-refractivity contribution >= 4 is 17.7 Å². The molecule has 254 valence electrons. The zero-order valence-electron chi connectivity index (χ0n) is 29.1. The highest BCUT2D eigenvalue weighted by atomic mass is 16.5. The number of unbranched alkanes of at least 4 members (excludes halogenated alkanes) is 3. The summed E-state index contributed by atoms with van der Waals surface area (Å²) < 4.78 is 6.96. The van der Waals surface area contributed by atoms with Crippen LogP contribution < -0.4 is 0 Å². The van der Waals surface area contributed by atoms with Gasteiger partial charge in [-0.3, -0.25) is 14.4 Å². The predicted molar refractivity (Wildman–Crippen MR) is 182 cm³/mol. The number of benzene rings is 1. The maximum atomic E-state index is 15.0. The summed E-state index contributed by atoms with van der Waals surface area (Å²) >= 11 is 0. The van der Waals surface area contributed by atoms with Crippen LogP contribution in [0.3, 0.4) is 0 Å². The molecular formula is C38H57N3O5. The van der Waals surface area contributed by atoms with Gasteiger partial charge < -0.3 is 24.5 Å². The van der Waals surface area contributed by atoms with E-state index in [9.17, 15) is 14.7 Å². The van der Waals surface area contributed by atoms with Crippen molar-refractivity contribution in [2.75, 3.05) is 26.2 Å². The smallest absolute Gasteiger partial charge is 0.249 e. The maximum Gasteiger partial charge on any atom is 0.249 e. The van der Waals surface area contributed by atoms with Gasteiger partial charge >= 0.3 is 0 Å². The van der Waals surface area contributed by atoms with E-state index in [1.807, 2.05) is 42.2 Å². The third kappa shape index (κ3) is 6.98. The van der Waals surface area contributed by atoms with Crippen molar-refractivity contribution in [3.8, 4) is 0 Å². The van der Waals surface area contributed by atoms with E-state index in [4.69, 9.17) is 4.74 Å². The van der Waals surface area contributed by atoms with Gasteiger partial charge in [0.25, 0.3) is 0 Å². The standard InChI is InChI=1S/C38H57N3O5/c1-9-22-39(26-28-18-14-13-15-19-28)32(43)29-30-33(44)40(24-16-11-12-17-25-42)31(38(30)21-20-37(29,8)46-38)34(45)41(23-10-2)36(6,7)27-35(3,4)5/h9-10,13-15,18-19,29-31,42H,1-2,11-12,16-17,20-27H2,3-8H3/t29-,30-,31?,37+,38?/m0/s1. The fraction of sp³-hybridized carbons (Fsp3) is 0.658. The summed E-state index contributed by atoms with van der Waals surface area (Å²) in [5, 5.41) is 9.28. The van der Waals surface area contributed by atoms with Crippen LogP contribution in [0.1, 0.15) is 92.1 Å². The molecule has 4 rings (SSSR count). The monoisotopic (exact) mass is 635 g/mol. The molecule has 1 N–H and O–H groups in total. The van der Waals surface area contributed by atoms with Gasteiger partial charge in [-0.1, -0.05) is 76.1 Å². The van der Waals surface area contributed by atoms with Crippen LogP contribution in [0, 0.1) is 17.3 Å². The second kappa shape index (κ2) is 14.0. The molecule has 3 heterocycles. The van der Waals surface area contributed by atoms with E-state index in [-0.39, 0.29) is 29.7 Å². The van der Waals surface area contributed by atoms with Crippen LogP contribution in [-0.2, 0) is 25.7 Å². The summed E-state index contributed by atoms with van der Waals surface area (Å²) in [5.41, 5.74) is -1.50. The fourth-order valence-corrected chi connectivity index (χ4v) is 8.76. The molecular weight excluding hydrogens is 578 g/mol. The molecule has 3 saturated heterocycles. The molecule has 1 aromatic rings. The molecule has 46 heavy (non-hydrogen) atoms. The minimum absolute atomic E-state index is 0.0391. The van der Waals surface area contributed by atoms with Crippen molar-refractivity contribution in [2.45, 2.75) is 116 Å². The van der Waals surface area contributed by atoms with Crippen LogP contribution in [0.2, 0.25) is 0 Å². The number of fused-ring (bicyclic) bond motifs is 1.